The van der Waals surface area contributed by atoms with Gasteiger partial charge in [-0.05, 0) is 69.1 Å². The summed E-state index contributed by atoms with van der Waals surface area (Å²) >= 11 is 0. The molecule has 0 aliphatic carbocycles. The Hall–Kier alpha value is -3.03. The Bertz CT molecular complexity index is 1050. The number of benzene rings is 2. The highest BCUT2D eigenvalue weighted by atomic mass is 19.1. The predicted octanol–water partition coefficient (Wildman–Crippen LogP) is 5.79. The minimum atomic E-state index is -0.488. The van der Waals surface area contributed by atoms with Crippen molar-refractivity contribution in [3.05, 3.63) is 84.1 Å². The summed E-state index contributed by atoms with van der Waals surface area (Å²) in [6.07, 6.45) is 3.59. The van der Waals surface area contributed by atoms with E-state index < -0.39 is 11.9 Å². The monoisotopic (exact) mass is 455 g/mol. The topological polar surface area (TPSA) is 50.5 Å². The first-order valence-corrected chi connectivity index (χ1v) is 11.2. The van der Waals surface area contributed by atoms with E-state index in [1.54, 1.807) is 41.1 Å². The zero-order chi connectivity index (χ0) is 23.8. The van der Waals surface area contributed by atoms with Gasteiger partial charge in [-0.25, -0.2) is 13.5 Å². The molecule has 0 bridgehead atoms. The normalized spacial score (nSPS) is 12.2. The smallest absolute Gasteiger partial charge is 0.227 e. The fourth-order valence-corrected chi connectivity index (χ4v) is 3.69. The summed E-state index contributed by atoms with van der Waals surface area (Å²) in [6, 6.07) is 12.1. The number of nitrogens with zero attached hydrogens (tertiary/aromatic N) is 3. The van der Waals surface area contributed by atoms with E-state index in [2.05, 4.69) is 23.5 Å². The lowest BCUT2D eigenvalue weighted by Gasteiger charge is -2.25. The fourth-order valence-electron chi connectivity index (χ4n) is 3.69. The van der Waals surface area contributed by atoms with Crippen molar-refractivity contribution in [1.82, 2.24) is 14.7 Å². The van der Waals surface area contributed by atoms with Crippen LogP contribution in [0.15, 0.2) is 61.2 Å². The van der Waals surface area contributed by atoms with Crippen LogP contribution in [0.1, 0.15) is 37.4 Å². The van der Waals surface area contributed by atoms with Crippen LogP contribution in [0.3, 0.4) is 0 Å². The molecule has 2 aromatic carbocycles. The number of ether oxygens (including phenoxy) is 1. The van der Waals surface area contributed by atoms with Crippen molar-refractivity contribution in [3.8, 4) is 17.3 Å². The molecule has 3 aromatic rings. The number of aryl methyl sites for hydroxylation is 1. The van der Waals surface area contributed by atoms with Crippen LogP contribution in [0.5, 0.6) is 11.6 Å². The first kappa shape index (κ1) is 24.6. The molecule has 1 atom stereocenters. The summed E-state index contributed by atoms with van der Waals surface area (Å²) in [4.78, 5) is 2.14. The molecule has 1 aromatic heterocycles. The Morgan fingerprint density at radius 1 is 1.18 bits per heavy atom. The van der Waals surface area contributed by atoms with Crippen molar-refractivity contribution in [2.45, 2.75) is 45.8 Å². The van der Waals surface area contributed by atoms with Gasteiger partial charge in [-0.1, -0.05) is 25.1 Å². The van der Waals surface area contributed by atoms with Crippen LogP contribution >= 0.6 is 0 Å². The Morgan fingerprint density at radius 3 is 2.58 bits per heavy atom. The second kappa shape index (κ2) is 11.7. The molecule has 0 fully saturated rings. The highest BCUT2D eigenvalue weighted by molar-refractivity contribution is 5.43. The number of hydrogen-bond acceptors (Lipinski definition) is 4. The van der Waals surface area contributed by atoms with E-state index in [1.165, 1.54) is 18.2 Å². The second-order valence-electron chi connectivity index (χ2n) is 8.04. The van der Waals surface area contributed by atoms with Gasteiger partial charge in [0.2, 0.25) is 5.88 Å². The standard InChI is InChI=1S/C26H31F2N3O2/c1-4-6-9-22(32)17-30(16-5-2)18-23-19(3)29-31(21-14-12-20(27)13-15-21)26(23)33-25-11-8-7-10-24(25)28/h4,7-8,10-15,22,32H,1,5-6,9,16-18H2,2-3H3/t22-/m0/s1. The van der Waals surface area contributed by atoms with E-state index in [9.17, 15) is 13.9 Å². The third-order valence-corrected chi connectivity index (χ3v) is 5.35. The lowest BCUT2D eigenvalue weighted by Crippen LogP contribution is -2.33. The maximum atomic E-state index is 14.4. The lowest BCUT2D eigenvalue weighted by molar-refractivity contribution is 0.102. The van der Waals surface area contributed by atoms with Crippen LogP contribution in [0.2, 0.25) is 0 Å². The van der Waals surface area contributed by atoms with Gasteiger partial charge in [0.25, 0.3) is 0 Å². The second-order valence-corrected chi connectivity index (χ2v) is 8.04. The van der Waals surface area contributed by atoms with E-state index in [4.69, 9.17) is 4.74 Å². The highest BCUT2D eigenvalue weighted by Crippen LogP contribution is 2.33. The van der Waals surface area contributed by atoms with Crippen molar-refractivity contribution < 1.29 is 18.6 Å². The largest absolute Gasteiger partial charge is 0.435 e. The Balaban J connectivity index is 1.99. The zero-order valence-electron chi connectivity index (χ0n) is 19.2. The first-order chi connectivity index (χ1) is 15.9. The summed E-state index contributed by atoms with van der Waals surface area (Å²) in [5.74, 6) is -0.402. The third kappa shape index (κ3) is 6.49. The van der Waals surface area contributed by atoms with Crippen LogP contribution in [0, 0.1) is 18.6 Å². The number of aliphatic hydroxyl groups is 1. The number of allylic oxidation sites excluding steroid dienone is 1. The van der Waals surface area contributed by atoms with Gasteiger partial charge < -0.3 is 9.84 Å². The van der Waals surface area contributed by atoms with E-state index in [1.807, 2.05) is 6.92 Å². The molecule has 0 saturated carbocycles. The summed E-state index contributed by atoms with van der Waals surface area (Å²) in [5.41, 5.74) is 2.10. The minimum absolute atomic E-state index is 0.0788. The number of halogens is 2. The van der Waals surface area contributed by atoms with E-state index in [0.717, 1.165) is 24.9 Å². The van der Waals surface area contributed by atoms with Gasteiger partial charge in [0.15, 0.2) is 11.6 Å². The van der Waals surface area contributed by atoms with Crippen LogP contribution in [-0.4, -0.2) is 39.0 Å². The summed E-state index contributed by atoms with van der Waals surface area (Å²) in [6.45, 7) is 9.38. The average molecular weight is 456 g/mol. The maximum absolute atomic E-state index is 14.4. The van der Waals surface area contributed by atoms with Gasteiger partial charge in [0.1, 0.15) is 5.82 Å². The molecule has 33 heavy (non-hydrogen) atoms. The number of rotatable bonds is 12. The van der Waals surface area contributed by atoms with Crippen LogP contribution < -0.4 is 4.74 Å². The quantitative estimate of drug-likeness (QED) is 0.351. The molecule has 1 heterocycles. The SMILES string of the molecule is C=CCC[C@H](O)CN(CCC)Cc1c(C)nn(-c2ccc(F)cc2)c1Oc1ccccc1F. The average Bonchev–Trinajstić information content (AvgIpc) is 3.09. The Labute approximate surface area is 193 Å². The summed E-state index contributed by atoms with van der Waals surface area (Å²) in [5, 5.41) is 15.1. The van der Waals surface area contributed by atoms with E-state index in [-0.39, 0.29) is 11.6 Å². The molecule has 0 aliphatic rings. The fraction of sp³-hybridized carbons (Fsp3) is 0.346. The van der Waals surface area contributed by atoms with Gasteiger partial charge in [-0.2, -0.15) is 5.10 Å². The molecular weight excluding hydrogens is 424 g/mol. The van der Waals surface area contributed by atoms with Crippen LogP contribution in [0.25, 0.3) is 5.69 Å². The molecule has 1 N–H and O–H groups in total. The lowest BCUT2D eigenvalue weighted by atomic mass is 10.1. The van der Waals surface area contributed by atoms with Gasteiger partial charge in [-0.3, -0.25) is 4.90 Å². The molecule has 176 valence electrons. The van der Waals surface area contributed by atoms with Gasteiger partial charge >= 0.3 is 0 Å². The maximum Gasteiger partial charge on any atom is 0.227 e. The number of aliphatic hydroxyl groups excluding tert-OH is 1. The van der Waals surface area contributed by atoms with Crippen molar-refractivity contribution in [2.75, 3.05) is 13.1 Å². The minimum Gasteiger partial charge on any atom is -0.435 e. The Morgan fingerprint density at radius 2 is 1.91 bits per heavy atom. The van der Waals surface area contributed by atoms with Gasteiger partial charge in [0, 0.05) is 13.1 Å². The molecule has 0 unspecified atom stereocenters. The van der Waals surface area contributed by atoms with Crippen molar-refractivity contribution in [1.29, 1.82) is 0 Å². The van der Waals surface area contributed by atoms with Gasteiger partial charge in [0.05, 0.1) is 23.0 Å². The molecule has 0 spiro atoms. The number of aromatic nitrogens is 2. The summed E-state index contributed by atoms with van der Waals surface area (Å²) in [7, 11) is 0. The van der Waals surface area contributed by atoms with E-state index >= 15 is 0 Å². The van der Waals surface area contributed by atoms with E-state index in [0.29, 0.717) is 36.8 Å². The van der Waals surface area contributed by atoms with Gasteiger partial charge in [-0.15, -0.1) is 6.58 Å². The molecule has 3 rings (SSSR count). The summed E-state index contributed by atoms with van der Waals surface area (Å²) < 4.78 is 35.5. The molecule has 7 heteroatoms. The number of para-hydroxylation sites is 1. The molecule has 0 amide bonds. The van der Waals surface area contributed by atoms with Crippen molar-refractivity contribution in [3.63, 3.8) is 0 Å². The molecule has 0 saturated heterocycles. The number of hydrogen-bond donors (Lipinski definition) is 1. The zero-order valence-corrected chi connectivity index (χ0v) is 19.2. The molecule has 5 nitrogen and oxygen atoms in total. The highest BCUT2D eigenvalue weighted by Gasteiger charge is 2.23. The first-order valence-electron chi connectivity index (χ1n) is 11.2. The third-order valence-electron chi connectivity index (χ3n) is 5.35. The van der Waals surface area contributed by atoms with Crippen molar-refractivity contribution in [2.24, 2.45) is 0 Å². The Kier molecular flexibility index (Phi) is 8.74. The van der Waals surface area contributed by atoms with Crippen LogP contribution in [0.4, 0.5) is 8.78 Å². The predicted molar refractivity (Wildman–Crippen MR) is 126 cm³/mol. The van der Waals surface area contributed by atoms with Crippen LogP contribution in [-0.2, 0) is 6.54 Å². The van der Waals surface area contributed by atoms with Crippen molar-refractivity contribution >= 4 is 0 Å². The molecule has 0 radical (unpaired) electrons. The molecular formula is C26H31F2N3O2. The molecule has 0 aliphatic heterocycles.